The first kappa shape index (κ1) is 21.1. The molecule has 1 aromatic carbocycles. The van der Waals surface area contributed by atoms with Gasteiger partial charge in [-0.3, -0.25) is 19.5 Å². The van der Waals surface area contributed by atoms with Crippen LogP contribution < -0.4 is 19.7 Å². The second-order valence-corrected chi connectivity index (χ2v) is 8.16. The van der Waals surface area contributed by atoms with Crippen LogP contribution in [0.2, 0.25) is 0 Å². The van der Waals surface area contributed by atoms with Crippen LogP contribution in [0.25, 0.3) is 0 Å². The zero-order valence-corrected chi connectivity index (χ0v) is 18.1. The molecule has 3 aromatic rings. The Kier molecular flexibility index (Phi) is 5.97. The van der Waals surface area contributed by atoms with Crippen LogP contribution in [0.15, 0.2) is 65.5 Å². The molecular weight excluding hydrogens is 422 g/mol. The van der Waals surface area contributed by atoms with Crippen LogP contribution in [0.1, 0.15) is 47.8 Å². The number of rotatable bonds is 6. The van der Waals surface area contributed by atoms with Gasteiger partial charge >= 0.3 is 0 Å². The molecule has 2 aromatic heterocycles. The Morgan fingerprint density at radius 2 is 1.85 bits per heavy atom. The average molecular weight is 447 g/mol. The molecule has 2 aliphatic rings. The number of carbonyl (C=O) groups excluding carboxylic acids is 2. The second-order valence-electron chi connectivity index (χ2n) is 8.16. The van der Waals surface area contributed by atoms with Crippen LogP contribution in [-0.2, 0) is 4.79 Å². The summed E-state index contributed by atoms with van der Waals surface area (Å²) in [4.78, 5) is 33.0. The molecular formula is C25H25N3O5. The SMILES string of the molecule is O=C(NC1CCCC1)[C@H](c1cccnc1)N(C(=O)c1ccco1)c1ccc2c(c1)OCCO2. The van der Waals surface area contributed by atoms with Gasteiger partial charge in [0.15, 0.2) is 17.3 Å². The Morgan fingerprint density at radius 3 is 2.58 bits per heavy atom. The molecule has 8 nitrogen and oxygen atoms in total. The van der Waals surface area contributed by atoms with Gasteiger partial charge in [-0.2, -0.15) is 0 Å². The first-order valence-electron chi connectivity index (χ1n) is 11.2. The summed E-state index contributed by atoms with van der Waals surface area (Å²) in [5, 5.41) is 3.14. The highest BCUT2D eigenvalue weighted by Gasteiger charge is 2.36. The number of benzene rings is 1. The van der Waals surface area contributed by atoms with Gasteiger partial charge in [0.25, 0.3) is 5.91 Å². The molecule has 0 unspecified atom stereocenters. The van der Waals surface area contributed by atoms with Gasteiger partial charge in [0.05, 0.1) is 6.26 Å². The molecule has 5 rings (SSSR count). The number of ether oxygens (including phenoxy) is 2. The predicted octanol–water partition coefficient (Wildman–Crippen LogP) is 3.89. The lowest BCUT2D eigenvalue weighted by Gasteiger charge is -2.32. The summed E-state index contributed by atoms with van der Waals surface area (Å²) in [5.41, 5.74) is 1.10. The molecule has 1 fully saturated rings. The van der Waals surface area contributed by atoms with E-state index in [0.29, 0.717) is 36.0 Å². The molecule has 0 spiro atoms. The fourth-order valence-corrected chi connectivity index (χ4v) is 4.39. The third-order valence-electron chi connectivity index (χ3n) is 5.96. The number of nitrogens with one attached hydrogen (secondary N) is 1. The van der Waals surface area contributed by atoms with Crippen LogP contribution in [0.4, 0.5) is 5.69 Å². The summed E-state index contributed by atoms with van der Waals surface area (Å²) in [6.45, 7) is 0.875. The molecule has 0 saturated heterocycles. The normalized spacial score (nSPS) is 16.2. The number of fused-ring (bicyclic) bond motifs is 1. The summed E-state index contributed by atoms with van der Waals surface area (Å²) in [6, 6.07) is 11.2. The van der Waals surface area contributed by atoms with E-state index >= 15 is 0 Å². The number of amides is 2. The predicted molar refractivity (Wildman–Crippen MR) is 120 cm³/mol. The highest BCUT2D eigenvalue weighted by atomic mass is 16.6. The lowest BCUT2D eigenvalue weighted by atomic mass is 10.0. The van der Waals surface area contributed by atoms with E-state index in [1.807, 2.05) is 0 Å². The van der Waals surface area contributed by atoms with Crippen molar-refractivity contribution >= 4 is 17.5 Å². The standard InChI is InChI=1S/C25H25N3O5/c29-24(27-18-6-1-2-7-18)23(17-5-3-11-26-16-17)28(25(30)21-8-4-12-31-21)19-9-10-20-22(15-19)33-14-13-32-20/h3-5,8-12,15-16,18,23H,1-2,6-7,13-14H2,(H,27,29)/t23-/m0/s1. The van der Waals surface area contributed by atoms with E-state index in [2.05, 4.69) is 10.3 Å². The Hall–Kier alpha value is -3.81. The van der Waals surface area contributed by atoms with E-state index in [1.165, 1.54) is 11.2 Å². The molecule has 0 bridgehead atoms. The topological polar surface area (TPSA) is 93.9 Å². The number of nitrogens with zero attached hydrogens (tertiary/aromatic N) is 2. The van der Waals surface area contributed by atoms with Gasteiger partial charge in [0.2, 0.25) is 5.91 Å². The third kappa shape index (κ3) is 4.41. The Balaban J connectivity index is 1.59. The van der Waals surface area contributed by atoms with E-state index in [-0.39, 0.29) is 17.7 Å². The number of carbonyl (C=O) groups is 2. The van der Waals surface area contributed by atoms with Gasteiger partial charge in [-0.05, 0) is 43.2 Å². The lowest BCUT2D eigenvalue weighted by Crippen LogP contribution is -2.46. The molecule has 0 radical (unpaired) electrons. The van der Waals surface area contributed by atoms with Gasteiger partial charge in [-0.1, -0.05) is 18.9 Å². The number of aromatic nitrogens is 1. The molecule has 1 aliphatic heterocycles. The molecule has 170 valence electrons. The summed E-state index contributed by atoms with van der Waals surface area (Å²) < 4.78 is 16.8. The van der Waals surface area contributed by atoms with Crippen molar-refractivity contribution in [2.45, 2.75) is 37.8 Å². The summed E-state index contributed by atoms with van der Waals surface area (Å²) >= 11 is 0. The Labute approximate surface area is 191 Å². The van der Waals surface area contributed by atoms with Crippen LogP contribution in [0, 0.1) is 0 Å². The zero-order chi connectivity index (χ0) is 22.6. The number of furan rings is 1. The van der Waals surface area contributed by atoms with Gasteiger partial charge < -0.3 is 19.2 Å². The van der Waals surface area contributed by atoms with Gasteiger partial charge in [0.1, 0.15) is 19.3 Å². The molecule has 1 aliphatic carbocycles. The smallest absolute Gasteiger partial charge is 0.294 e. The van der Waals surface area contributed by atoms with Crippen molar-refractivity contribution in [2.24, 2.45) is 0 Å². The minimum absolute atomic E-state index is 0.0949. The van der Waals surface area contributed by atoms with Gasteiger partial charge in [-0.25, -0.2) is 0 Å². The molecule has 8 heteroatoms. The molecule has 3 heterocycles. The van der Waals surface area contributed by atoms with Crippen molar-refractivity contribution in [1.82, 2.24) is 10.3 Å². The lowest BCUT2D eigenvalue weighted by molar-refractivity contribution is -0.123. The van der Waals surface area contributed by atoms with E-state index in [0.717, 1.165) is 25.7 Å². The van der Waals surface area contributed by atoms with E-state index in [1.54, 1.807) is 54.9 Å². The molecule has 2 amide bonds. The monoisotopic (exact) mass is 447 g/mol. The van der Waals surface area contributed by atoms with Crippen molar-refractivity contribution in [3.8, 4) is 11.5 Å². The molecule has 1 N–H and O–H groups in total. The summed E-state index contributed by atoms with van der Waals surface area (Å²) in [7, 11) is 0. The minimum atomic E-state index is -0.945. The second kappa shape index (κ2) is 9.36. The highest BCUT2D eigenvalue weighted by Crippen LogP contribution is 2.38. The van der Waals surface area contributed by atoms with Crippen molar-refractivity contribution < 1.29 is 23.5 Å². The largest absolute Gasteiger partial charge is 0.486 e. The maximum absolute atomic E-state index is 13.7. The molecule has 1 saturated carbocycles. The first-order valence-corrected chi connectivity index (χ1v) is 11.2. The van der Waals surface area contributed by atoms with Crippen LogP contribution in [0.5, 0.6) is 11.5 Å². The van der Waals surface area contributed by atoms with E-state index in [4.69, 9.17) is 13.9 Å². The van der Waals surface area contributed by atoms with Gasteiger partial charge in [0, 0.05) is 35.8 Å². The summed E-state index contributed by atoms with van der Waals surface area (Å²) in [5.74, 6) is 0.560. The fraction of sp³-hybridized carbons (Fsp3) is 0.320. The third-order valence-corrected chi connectivity index (χ3v) is 5.96. The summed E-state index contributed by atoms with van der Waals surface area (Å²) in [6.07, 6.45) is 8.72. The molecule has 33 heavy (non-hydrogen) atoms. The quantitative estimate of drug-likeness (QED) is 0.616. The van der Waals surface area contributed by atoms with Crippen LogP contribution >= 0.6 is 0 Å². The number of pyridine rings is 1. The van der Waals surface area contributed by atoms with E-state index in [9.17, 15) is 9.59 Å². The number of hydrogen-bond acceptors (Lipinski definition) is 6. The zero-order valence-electron chi connectivity index (χ0n) is 18.1. The van der Waals surface area contributed by atoms with E-state index < -0.39 is 11.9 Å². The minimum Gasteiger partial charge on any atom is -0.486 e. The van der Waals surface area contributed by atoms with Crippen molar-refractivity contribution in [2.75, 3.05) is 18.1 Å². The maximum atomic E-state index is 13.7. The average Bonchev–Trinajstić information content (AvgIpc) is 3.57. The van der Waals surface area contributed by atoms with Crippen molar-refractivity contribution in [3.63, 3.8) is 0 Å². The van der Waals surface area contributed by atoms with Crippen LogP contribution in [-0.4, -0.2) is 36.1 Å². The maximum Gasteiger partial charge on any atom is 0.294 e. The highest BCUT2D eigenvalue weighted by molar-refractivity contribution is 6.08. The number of anilines is 1. The van der Waals surface area contributed by atoms with Crippen LogP contribution in [0.3, 0.4) is 0 Å². The Bertz CT molecular complexity index is 1110. The first-order chi connectivity index (χ1) is 16.2. The molecule has 1 atom stereocenters. The fourth-order valence-electron chi connectivity index (χ4n) is 4.39. The van der Waals surface area contributed by atoms with Crippen molar-refractivity contribution in [1.29, 1.82) is 0 Å². The van der Waals surface area contributed by atoms with Gasteiger partial charge in [-0.15, -0.1) is 0 Å². The Morgan fingerprint density at radius 1 is 1.03 bits per heavy atom. The number of hydrogen-bond donors (Lipinski definition) is 1. The van der Waals surface area contributed by atoms with Crippen molar-refractivity contribution in [3.05, 3.63) is 72.4 Å².